The maximum absolute atomic E-state index is 12.0. The molecular weight excluding hydrogens is 480 g/mol. The predicted octanol–water partition coefficient (Wildman–Crippen LogP) is 2.81. The van der Waals surface area contributed by atoms with E-state index in [0.717, 1.165) is 70.8 Å². The lowest BCUT2D eigenvalue weighted by Gasteiger charge is -2.27. The van der Waals surface area contributed by atoms with Gasteiger partial charge in [0.2, 0.25) is 0 Å². The molecule has 0 saturated heterocycles. The predicted molar refractivity (Wildman–Crippen MR) is 141 cm³/mol. The molecule has 2 atom stereocenters. The average Bonchev–Trinajstić information content (AvgIpc) is 2.91. The summed E-state index contributed by atoms with van der Waals surface area (Å²) in [5, 5.41) is 6.04. The van der Waals surface area contributed by atoms with Gasteiger partial charge in [0, 0.05) is 20.1 Å². The van der Waals surface area contributed by atoms with Gasteiger partial charge in [-0.2, -0.15) is 0 Å². The Morgan fingerprint density at radius 3 is 1.76 bits per heavy atom. The van der Waals surface area contributed by atoms with Crippen LogP contribution in [-0.4, -0.2) is 83.9 Å². The topological polar surface area (TPSA) is 129 Å². The summed E-state index contributed by atoms with van der Waals surface area (Å²) in [6.45, 7) is 6.83. The zero-order chi connectivity index (χ0) is 27.9. The quantitative estimate of drug-likeness (QED) is 0.118. The molecule has 10 nitrogen and oxygen atoms in total. The van der Waals surface area contributed by atoms with E-state index >= 15 is 0 Å². The molecule has 0 aromatic carbocycles. The number of rotatable bonds is 18. The lowest BCUT2D eigenvalue weighted by atomic mass is 9.83. The van der Waals surface area contributed by atoms with Crippen molar-refractivity contribution < 1.29 is 38.1 Å². The maximum atomic E-state index is 12.0. The zero-order valence-corrected chi connectivity index (χ0v) is 23.6. The summed E-state index contributed by atoms with van der Waals surface area (Å²) >= 11 is 0. The number of carbonyl (C=O) groups excluding carboxylic acids is 4. The number of unbranched alkanes of at least 4 members (excludes halogenated alkanes) is 2. The summed E-state index contributed by atoms with van der Waals surface area (Å²) in [7, 11) is 4.39. The summed E-state index contributed by atoms with van der Waals surface area (Å²) in [4.78, 5) is 45.0. The second-order valence-electron chi connectivity index (χ2n) is 9.40. The number of aldehydes is 1. The minimum atomic E-state index is -0.619. The number of ether oxygens (including phenoxy) is 4. The second-order valence-corrected chi connectivity index (χ2v) is 9.40. The first kappa shape index (κ1) is 35.0. The smallest absolute Gasteiger partial charge is 0.323 e. The standard InChI is InChI=1S/C18H33NO5.C9H17NO3/c1-4-5-10-19-16(18(21)23-3)11-17(20)24-13-15-8-6-14(7-9-15)12-22-2;1-3-4-6-10-8(5-7-11)9(12)13-2/h14-16,19H,4-13H2,1-3H3;7-8,10H,3-6H2,1-2H3. The molecule has 0 bridgehead atoms. The highest BCUT2D eigenvalue weighted by atomic mass is 16.5. The third kappa shape index (κ3) is 17.2. The highest BCUT2D eigenvalue weighted by molar-refractivity contribution is 5.82. The lowest BCUT2D eigenvalue weighted by molar-refractivity contribution is -0.152. The molecule has 10 heteroatoms. The molecule has 0 aromatic rings. The first-order chi connectivity index (χ1) is 17.9. The van der Waals surface area contributed by atoms with Gasteiger partial charge < -0.3 is 34.4 Å². The first-order valence-corrected chi connectivity index (χ1v) is 13.6. The fourth-order valence-electron chi connectivity index (χ4n) is 4.03. The average molecular weight is 531 g/mol. The highest BCUT2D eigenvalue weighted by Crippen LogP contribution is 2.29. The molecule has 0 aliphatic heterocycles. The molecule has 1 aliphatic carbocycles. The van der Waals surface area contributed by atoms with E-state index in [1.807, 2.05) is 0 Å². The van der Waals surface area contributed by atoms with Gasteiger partial charge >= 0.3 is 17.9 Å². The van der Waals surface area contributed by atoms with Crippen LogP contribution in [0.5, 0.6) is 0 Å². The zero-order valence-electron chi connectivity index (χ0n) is 23.6. The van der Waals surface area contributed by atoms with Crippen LogP contribution in [-0.2, 0) is 38.1 Å². The van der Waals surface area contributed by atoms with Gasteiger partial charge in [0.1, 0.15) is 18.4 Å². The van der Waals surface area contributed by atoms with E-state index in [4.69, 9.17) is 14.2 Å². The van der Waals surface area contributed by atoms with Crippen molar-refractivity contribution in [1.82, 2.24) is 10.6 Å². The number of hydrogen-bond acceptors (Lipinski definition) is 10. The van der Waals surface area contributed by atoms with Crippen molar-refractivity contribution in [3.63, 3.8) is 0 Å². The Labute approximate surface area is 222 Å². The number of carbonyl (C=O) groups is 4. The van der Waals surface area contributed by atoms with E-state index in [9.17, 15) is 19.2 Å². The Balaban J connectivity index is 0.000000845. The summed E-state index contributed by atoms with van der Waals surface area (Å²) in [6.07, 6.45) is 9.33. The number of hydrogen-bond donors (Lipinski definition) is 2. The normalized spacial score (nSPS) is 18.5. The molecule has 1 fully saturated rings. The molecule has 37 heavy (non-hydrogen) atoms. The molecule has 0 radical (unpaired) electrons. The van der Waals surface area contributed by atoms with Gasteiger partial charge in [-0.1, -0.05) is 26.7 Å². The van der Waals surface area contributed by atoms with Gasteiger partial charge in [-0.05, 0) is 63.5 Å². The van der Waals surface area contributed by atoms with Crippen LogP contribution in [0.2, 0.25) is 0 Å². The minimum Gasteiger partial charge on any atom is -0.468 e. The minimum absolute atomic E-state index is 0.0232. The maximum Gasteiger partial charge on any atom is 0.323 e. The van der Waals surface area contributed by atoms with Gasteiger partial charge in [-0.25, -0.2) is 0 Å². The van der Waals surface area contributed by atoms with Crippen molar-refractivity contribution in [3.8, 4) is 0 Å². The van der Waals surface area contributed by atoms with Crippen LogP contribution in [0.4, 0.5) is 0 Å². The number of esters is 3. The SMILES string of the molecule is CCCCNC(CC(=O)OCC1CCC(COC)CC1)C(=O)OC.CCCCNC(CC=O)C(=O)OC. The van der Waals surface area contributed by atoms with Crippen molar-refractivity contribution in [2.45, 2.75) is 90.1 Å². The number of methoxy groups -OCH3 is 3. The van der Waals surface area contributed by atoms with Crippen molar-refractivity contribution in [3.05, 3.63) is 0 Å². The molecule has 0 spiro atoms. The van der Waals surface area contributed by atoms with Crippen LogP contribution < -0.4 is 10.6 Å². The summed E-state index contributed by atoms with van der Waals surface area (Å²) in [5.41, 5.74) is 0. The van der Waals surface area contributed by atoms with Gasteiger partial charge in [0.25, 0.3) is 0 Å². The van der Waals surface area contributed by atoms with E-state index < -0.39 is 18.1 Å². The van der Waals surface area contributed by atoms with Crippen LogP contribution in [0.25, 0.3) is 0 Å². The molecule has 1 aliphatic rings. The Bertz CT molecular complexity index is 624. The fraction of sp³-hybridized carbons (Fsp3) is 0.852. The monoisotopic (exact) mass is 530 g/mol. The Morgan fingerprint density at radius 2 is 1.30 bits per heavy atom. The molecule has 1 saturated carbocycles. The third-order valence-electron chi connectivity index (χ3n) is 6.36. The summed E-state index contributed by atoms with van der Waals surface area (Å²) in [5.74, 6) is -0.0696. The lowest BCUT2D eigenvalue weighted by Crippen LogP contribution is -2.40. The summed E-state index contributed by atoms with van der Waals surface area (Å²) in [6, 6.07) is -1.10. The largest absolute Gasteiger partial charge is 0.468 e. The van der Waals surface area contributed by atoms with Crippen LogP contribution in [0, 0.1) is 11.8 Å². The van der Waals surface area contributed by atoms with E-state index in [1.54, 1.807) is 7.11 Å². The van der Waals surface area contributed by atoms with Gasteiger partial charge in [0.15, 0.2) is 0 Å². The summed E-state index contributed by atoms with van der Waals surface area (Å²) < 4.78 is 19.9. The number of nitrogens with one attached hydrogen (secondary N) is 2. The molecule has 0 amide bonds. The van der Waals surface area contributed by atoms with E-state index in [1.165, 1.54) is 14.2 Å². The van der Waals surface area contributed by atoms with Crippen molar-refractivity contribution in [2.24, 2.45) is 11.8 Å². The van der Waals surface area contributed by atoms with E-state index in [2.05, 4.69) is 29.2 Å². The molecule has 2 N–H and O–H groups in total. The highest BCUT2D eigenvalue weighted by Gasteiger charge is 2.25. The van der Waals surface area contributed by atoms with Crippen LogP contribution in [0.3, 0.4) is 0 Å². The molecule has 2 unspecified atom stereocenters. The van der Waals surface area contributed by atoms with Crippen LogP contribution in [0.1, 0.15) is 78.1 Å². The van der Waals surface area contributed by atoms with Crippen molar-refractivity contribution in [2.75, 3.05) is 47.6 Å². The van der Waals surface area contributed by atoms with Gasteiger partial charge in [-0.3, -0.25) is 14.4 Å². The van der Waals surface area contributed by atoms with Crippen LogP contribution in [0.15, 0.2) is 0 Å². The third-order valence-corrected chi connectivity index (χ3v) is 6.36. The molecule has 0 heterocycles. The Hall–Kier alpha value is -2.04. The Morgan fingerprint density at radius 1 is 0.811 bits per heavy atom. The van der Waals surface area contributed by atoms with Gasteiger partial charge in [0.05, 0.1) is 27.2 Å². The van der Waals surface area contributed by atoms with E-state index in [-0.39, 0.29) is 24.8 Å². The van der Waals surface area contributed by atoms with E-state index in [0.29, 0.717) is 25.0 Å². The Kier molecular flexibility index (Phi) is 21.8. The van der Waals surface area contributed by atoms with Crippen LogP contribution >= 0.6 is 0 Å². The first-order valence-electron chi connectivity index (χ1n) is 13.6. The molecule has 0 aromatic heterocycles. The van der Waals surface area contributed by atoms with Crippen molar-refractivity contribution >= 4 is 24.2 Å². The fourth-order valence-corrected chi connectivity index (χ4v) is 4.03. The van der Waals surface area contributed by atoms with Crippen molar-refractivity contribution in [1.29, 1.82) is 0 Å². The molecule has 216 valence electrons. The molecular formula is C27H50N2O8. The second kappa shape index (κ2) is 23.1. The molecule has 1 rings (SSSR count). The van der Waals surface area contributed by atoms with Gasteiger partial charge in [-0.15, -0.1) is 0 Å².